The first-order chi connectivity index (χ1) is 14.9. The Bertz CT molecular complexity index is 1030. The summed E-state index contributed by atoms with van der Waals surface area (Å²) in [6.07, 6.45) is 0.109. The van der Waals surface area contributed by atoms with Crippen LogP contribution in [-0.4, -0.2) is 34.2 Å². The number of aromatic nitrogens is 3. The van der Waals surface area contributed by atoms with E-state index < -0.39 is 11.7 Å². The summed E-state index contributed by atoms with van der Waals surface area (Å²) in [6, 6.07) is 12.2. The average Bonchev–Trinajstić information content (AvgIpc) is 2.79. The number of nitrogens with one attached hydrogen (secondary N) is 1. The number of pyridine rings is 1. The van der Waals surface area contributed by atoms with Gasteiger partial charge in [-0.2, -0.15) is 13.2 Å². The summed E-state index contributed by atoms with van der Waals surface area (Å²) in [5, 5.41) is 11.2. The summed E-state index contributed by atoms with van der Waals surface area (Å²) < 4.78 is 38.6. The quantitative estimate of drug-likeness (QED) is 0.668. The van der Waals surface area contributed by atoms with Crippen LogP contribution in [0.4, 0.5) is 24.7 Å². The normalized spacial score (nSPS) is 15.0. The third-order valence-electron chi connectivity index (χ3n) is 5.27. The van der Waals surface area contributed by atoms with Crippen LogP contribution in [0.5, 0.6) is 0 Å². The van der Waals surface area contributed by atoms with E-state index in [0.29, 0.717) is 25.9 Å². The van der Waals surface area contributed by atoms with Gasteiger partial charge in [-0.05, 0) is 55.3 Å². The number of carbonyl (C=O) groups is 1. The van der Waals surface area contributed by atoms with E-state index in [1.807, 2.05) is 24.3 Å². The van der Waals surface area contributed by atoms with Gasteiger partial charge in [0.05, 0.1) is 11.3 Å². The molecule has 1 amide bonds. The van der Waals surface area contributed by atoms with Crippen LogP contribution < -0.4 is 10.2 Å². The fourth-order valence-electron chi connectivity index (χ4n) is 3.56. The van der Waals surface area contributed by atoms with E-state index in [-0.39, 0.29) is 17.5 Å². The molecule has 6 nitrogen and oxygen atoms in total. The van der Waals surface area contributed by atoms with Crippen molar-refractivity contribution in [2.75, 3.05) is 23.3 Å². The number of nitrogens with zero attached hydrogens (tertiary/aromatic N) is 4. The number of hydrogen-bond donors (Lipinski definition) is 1. The Labute approximate surface area is 177 Å². The van der Waals surface area contributed by atoms with Crippen LogP contribution in [0.2, 0.25) is 0 Å². The van der Waals surface area contributed by atoms with Gasteiger partial charge in [0.1, 0.15) is 0 Å². The predicted octanol–water partition coefficient (Wildman–Crippen LogP) is 4.41. The second kappa shape index (κ2) is 8.71. The molecular weight excluding hydrogens is 407 g/mol. The maximum absolute atomic E-state index is 12.9. The Morgan fingerprint density at radius 1 is 1.00 bits per heavy atom. The molecule has 0 saturated carbocycles. The SMILES string of the molecule is O=C(Nc1cccc(C(F)(F)F)c1)C1CCN(c2ccc(-c3ccncc3)nn2)CC1. The Hall–Kier alpha value is -3.49. The first-order valence-electron chi connectivity index (χ1n) is 9.87. The predicted molar refractivity (Wildman–Crippen MR) is 110 cm³/mol. The number of rotatable bonds is 4. The first kappa shape index (κ1) is 20.8. The molecule has 0 bridgehead atoms. The third kappa shape index (κ3) is 4.99. The lowest BCUT2D eigenvalue weighted by Crippen LogP contribution is -2.38. The van der Waals surface area contributed by atoms with Gasteiger partial charge in [0.25, 0.3) is 0 Å². The first-order valence-corrected chi connectivity index (χ1v) is 9.87. The minimum absolute atomic E-state index is 0.153. The van der Waals surface area contributed by atoms with Crippen LogP contribution in [0.15, 0.2) is 60.9 Å². The van der Waals surface area contributed by atoms with E-state index in [9.17, 15) is 18.0 Å². The largest absolute Gasteiger partial charge is 0.416 e. The molecular formula is C22H20F3N5O. The zero-order valence-corrected chi connectivity index (χ0v) is 16.5. The molecule has 2 aromatic heterocycles. The molecule has 0 atom stereocenters. The zero-order valence-electron chi connectivity index (χ0n) is 16.5. The summed E-state index contributed by atoms with van der Waals surface area (Å²) in [5.74, 6) is 0.197. The molecule has 1 aliphatic heterocycles. The van der Waals surface area contributed by atoms with Crippen LogP contribution in [0.25, 0.3) is 11.3 Å². The summed E-state index contributed by atoms with van der Waals surface area (Å²) in [7, 11) is 0. The summed E-state index contributed by atoms with van der Waals surface area (Å²) >= 11 is 0. The highest BCUT2D eigenvalue weighted by atomic mass is 19.4. The fourth-order valence-corrected chi connectivity index (χ4v) is 3.56. The smallest absolute Gasteiger partial charge is 0.355 e. The minimum Gasteiger partial charge on any atom is -0.355 e. The van der Waals surface area contributed by atoms with Gasteiger partial charge >= 0.3 is 6.18 Å². The molecule has 0 aliphatic carbocycles. The molecule has 1 aromatic carbocycles. The average molecular weight is 427 g/mol. The van der Waals surface area contributed by atoms with Crippen molar-refractivity contribution in [1.82, 2.24) is 15.2 Å². The van der Waals surface area contributed by atoms with Gasteiger partial charge < -0.3 is 10.2 Å². The number of anilines is 2. The van der Waals surface area contributed by atoms with Gasteiger partial charge in [-0.25, -0.2) is 0 Å². The Kier molecular flexibility index (Phi) is 5.83. The van der Waals surface area contributed by atoms with Crippen molar-refractivity contribution in [3.63, 3.8) is 0 Å². The van der Waals surface area contributed by atoms with E-state index in [1.54, 1.807) is 12.4 Å². The van der Waals surface area contributed by atoms with Crippen LogP contribution in [0, 0.1) is 5.92 Å². The molecule has 3 heterocycles. The minimum atomic E-state index is -4.44. The van der Waals surface area contributed by atoms with Crippen molar-refractivity contribution in [2.24, 2.45) is 5.92 Å². The Balaban J connectivity index is 1.34. The van der Waals surface area contributed by atoms with Crippen LogP contribution in [-0.2, 0) is 11.0 Å². The van der Waals surface area contributed by atoms with Gasteiger partial charge in [0.15, 0.2) is 5.82 Å². The van der Waals surface area contributed by atoms with Crippen molar-refractivity contribution in [3.05, 3.63) is 66.5 Å². The number of hydrogen-bond acceptors (Lipinski definition) is 5. The van der Waals surface area contributed by atoms with Crippen molar-refractivity contribution in [3.8, 4) is 11.3 Å². The van der Waals surface area contributed by atoms with Gasteiger partial charge in [-0.1, -0.05) is 6.07 Å². The number of benzene rings is 1. The molecule has 4 rings (SSSR count). The van der Waals surface area contributed by atoms with Crippen LogP contribution in [0.3, 0.4) is 0 Å². The van der Waals surface area contributed by atoms with Gasteiger partial charge in [-0.15, -0.1) is 10.2 Å². The van der Waals surface area contributed by atoms with E-state index in [0.717, 1.165) is 29.2 Å². The summed E-state index contributed by atoms with van der Waals surface area (Å²) in [6.45, 7) is 1.23. The molecule has 0 unspecified atom stereocenters. The second-order valence-electron chi connectivity index (χ2n) is 7.34. The monoisotopic (exact) mass is 427 g/mol. The lowest BCUT2D eigenvalue weighted by Gasteiger charge is -2.31. The lowest BCUT2D eigenvalue weighted by molar-refractivity contribution is -0.137. The van der Waals surface area contributed by atoms with Crippen LogP contribution >= 0.6 is 0 Å². The molecule has 3 aromatic rings. The third-order valence-corrected chi connectivity index (χ3v) is 5.27. The molecule has 1 N–H and O–H groups in total. The van der Waals surface area contributed by atoms with Gasteiger partial charge in [-0.3, -0.25) is 9.78 Å². The molecule has 1 aliphatic rings. The number of amides is 1. The molecule has 1 saturated heterocycles. The van der Waals surface area contributed by atoms with E-state index in [2.05, 4.69) is 25.4 Å². The standard InChI is InChI=1S/C22H20F3N5O/c23-22(24,25)17-2-1-3-18(14-17)27-21(31)16-8-12-30(13-9-16)20-5-4-19(28-29-20)15-6-10-26-11-7-15/h1-7,10-11,14,16H,8-9,12-13H2,(H,27,31). The molecule has 160 valence electrons. The van der Waals surface area contributed by atoms with Crippen molar-refractivity contribution in [1.29, 1.82) is 0 Å². The highest BCUT2D eigenvalue weighted by Crippen LogP contribution is 2.31. The number of alkyl halides is 3. The van der Waals surface area contributed by atoms with Gasteiger partial charge in [0, 0.05) is 42.7 Å². The number of halogens is 3. The number of carbonyl (C=O) groups excluding carboxylic acids is 1. The van der Waals surface area contributed by atoms with Crippen LogP contribution in [0.1, 0.15) is 18.4 Å². The zero-order chi connectivity index (χ0) is 21.8. The van der Waals surface area contributed by atoms with Gasteiger partial charge in [0.2, 0.25) is 5.91 Å². The van der Waals surface area contributed by atoms with E-state index in [4.69, 9.17) is 0 Å². The highest BCUT2D eigenvalue weighted by Gasteiger charge is 2.31. The fraction of sp³-hybridized carbons (Fsp3) is 0.273. The molecule has 1 fully saturated rings. The van der Waals surface area contributed by atoms with E-state index in [1.165, 1.54) is 12.1 Å². The Morgan fingerprint density at radius 3 is 2.39 bits per heavy atom. The maximum Gasteiger partial charge on any atom is 0.416 e. The topological polar surface area (TPSA) is 71.0 Å². The Morgan fingerprint density at radius 2 is 1.74 bits per heavy atom. The van der Waals surface area contributed by atoms with E-state index >= 15 is 0 Å². The molecule has 0 spiro atoms. The number of piperidine rings is 1. The van der Waals surface area contributed by atoms with Crippen molar-refractivity contribution in [2.45, 2.75) is 19.0 Å². The molecule has 9 heteroatoms. The maximum atomic E-state index is 12.9. The summed E-state index contributed by atoms with van der Waals surface area (Å²) in [4.78, 5) is 18.6. The van der Waals surface area contributed by atoms with Crippen molar-refractivity contribution < 1.29 is 18.0 Å². The lowest BCUT2D eigenvalue weighted by atomic mass is 9.95. The second-order valence-corrected chi connectivity index (χ2v) is 7.34. The molecule has 31 heavy (non-hydrogen) atoms. The highest BCUT2D eigenvalue weighted by molar-refractivity contribution is 5.92. The molecule has 0 radical (unpaired) electrons. The van der Waals surface area contributed by atoms with Crippen molar-refractivity contribution >= 4 is 17.4 Å². The summed E-state index contributed by atoms with van der Waals surface area (Å²) in [5.41, 5.74) is 1.05.